The summed E-state index contributed by atoms with van der Waals surface area (Å²) in [6, 6.07) is 21.5. The second-order valence-electron chi connectivity index (χ2n) is 12.9. The number of likely N-dealkylation sites (tertiary alicyclic amines) is 2. The molecule has 2 aromatic carbocycles. The van der Waals surface area contributed by atoms with Crippen LogP contribution in [0, 0.1) is 12.8 Å². The summed E-state index contributed by atoms with van der Waals surface area (Å²) in [6.45, 7) is 11.0. The van der Waals surface area contributed by atoms with Crippen molar-refractivity contribution in [1.29, 1.82) is 0 Å². The van der Waals surface area contributed by atoms with Crippen LogP contribution in [0.3, 0.4) is 0 Å². The highest BCUT2D eigenvalue weighted by Gasteiger charge is 2.30. The molecule has 0 saturated carbocycles. The smallest absolute Gasteiger partial charge is 0.409 e. The van der Waals surface area contributed by atoms with Crippen LogP contribution in [0.15, 0.2) is 66.9 Å². The minimum atomic E-state index is -0.218. The summed E-state index contributed by atoms with van der Waals surface area (Å²) in [5, 5.41) is 11.9. The molecule has 6 rings (SSSR count). The van der Waals surface area contributed by atoms with Gasteiger partial charge in [0.15, 0.2) is 0 Å². The first-order valence-electron chi connectivity index (χ1n) is 16.4. The Kier molecular flexibility index (Phi) is 9.74. The molecule has 2 saturated heterocycles. The van der Waals surface area contributed by atoms with Gasteiger partial charge in [-0.15, -0.1) is 0 Å². The van der Waals surface area contributed by atoms with Gasteiger partial charge in [0.1, 0.15) is 5.69 Å². The second-order valence-corrected chi connectivity index (χ2v) is 12.9. The molecule has 9 heteroatoms. The van der Waals surface area contributed by atoms with Crippen molar-refractivity contribution in [2.45, 2.75) is 65.0 Å². The Morgan fingerprint density at radius 2 is 1.71 bits per heavy atom. The predicted octanol–water partition coefficient (Wildman–Crippen LogP) is 6.89. The molecule has 2 aliphatic heterocycles. The average Bonchev–Trinajstić information content (AvgIpc) is 3.51. The lowest BCUT2D eigenvalue weighted by Gasteiger charge is -2.32. The van der Waals surface area contributed by atoms with Gasteiger partial charge in [-0.1, -0.05) is 74.0 Å². The lowest BCUT2D eigenvalue weighted by atomic mass is 9.89. The zero-order valence-electron chi connectivity index (χ0n) is 26.7. The number of aromatic nitrogens is 4. The van der Waals surface area contributed by atoms with Crippen molar-refractivity contribution in [2.75, 3.05) is 38.1 Å². The third-order valence-corrected chi connectivity index (χ3v) is 8.90. The minimum absolute atomic E-state index is 0.218. The predicted molar refractivity (Wildman–Crippen MR) is 178 cm³/mol. The van der Waals surface area contributed by atoms with E-state index in [9.17, 15) is 4.79 Å². The normalized spacial score (nSPS) is 16.7. The average molecular weight is 608 g/mol. The summed E-state index contributed by atoms with van der Waals surface area (Å²) in [5.74, 6) is 1.19. The highest BCUT2D eigenvalue weighted by molar-refractivity contribution is 5.81. The van der Waals surface area contributed by atoms with Crippen LogP contribution >= 0.6 is 0 Å². The van der Waals surface area contributed by atoms with Crippen LogP contribution in [0.5, 0.6) is 0 Å². The van der Waals surface area contributed by atoms with Crippen molar-refractivity contribution in [3.05, 3.63) is 83.7 Å². The maximum atomic E-state index is 12.6. The number of ether oxygens (including phenoxy) is 1. The molecule has 2 fully saturated rings. The van der Waals surface area contributed by atoms with E-state index < -0.39 is 0 Å². The van der Waals surface area contributed by atoms with E-state index >= 15 is 0 Å². The first-order chi connectivity index (χ1) is 21.9. The molecule has 0 unspecified atom stereocenters. The van der Waals surface area contributed by atoms with Gasteiger partial charge in [-0.3, -0.25) is 10.00 Å². The van der Waals surface area contributed by atoms with Gasteiger partial charge in [0, 0.05) is 67.7 Å². The number of nitrogens with zero attached hydrogens (tertiary/aromatic N) is 5. The zero-order chi connectivity index (χ0) is 31.2. The number of hydrogen-bond donors (Lipinski definition) is 2. The van der Waals surface area contributed by atoms with E-state index in [4.69, 9.17) is 14.8 Å². The molecular formula is C36H45N7O2. The number of aromatic amines is 1. The molecule has 2 N–H and O–H groups in total. The van der Waals surface area contributed by atoms with Crippen LogP contribution in [-0.4, -0.2) is 74.9 Å². The molecule has 1 amide bonds. The number of amides is 1. The number of nitrogens with one attached hydrogen (secondary N) is 2. The summed E-state index contributed by atoms with van der Waals surface area (Å²) in [4.78, 5) is 26.6. The van der Waals surface area contributed by atoms with Crippen molar-refractivity contribution in [3.8, 4) is 22.5 Å². The van der Waals surface area contributed by atoms with Gasteiger partial charge < -0.3 is 15.0 Å². The summed E-state index contributed by atoms with van der Waals surface area (Å²) in [5.41, 5.74) is 7.44. The van der Waals surface area contributed by atoms with Crippen LogP contribution in [0.2, 0.25) is 0 Å². The van der Waals surface area contributed by atoms with Gasteiger partial charge in [-0.05, 0) is 50.2 Å². The van der Waals surface area contributed by atoms with Crippen LogP contribution in [0.25, 0.3) is 22.5 Å². The standard InChI is InChI=1S/C36H45N7O2/c1-25(2)24-45-36(44)43-21-14-29(15-22-43)34-32(33(40-41-34)28-11-9-26(3)10-12-28)31-13-18-37-35(39-31)38-30-16-19-42(20-17-30)23-27-7-5-4-6-8-27/h4-13,18,25,29-30H,14-17,19-24H2,1-3H3,(H,40,41)(H,37,38,39). The summed E-state index contributed by atoms with van der Waals surface area (Å²) in [6.07, 6.45) is 5.38. The summed E-state index contributed by atoms with van der Waals surface area (Å²) in [7, 11) is 0. The van der Waals surface area contributed by atoms with Crippen molar-refractivity contribution < 1.29 is 9.53 Å². The van der Waals surface area contributed by atoms with Gasteiger partial charge in [-0.25, -0.2) is 14.8 Å². The van der Waals surface area contributed by atoms with Gasteiger partial charge in [0.25, 0.3) is 0 Å². The van der Waals surface area contributed by atoms with Crippen LogP contribution in [0.1, 0.15) is 62.3 Å². The SMILES string of the molecule is Cc1ccc(-c2n[nH]c(C3CCN(C(=O)OCC(C)C)CC3)c2-c2ccnc(NC3CCN(Cc4ccccc4)CC3)n2)cc1. The Balaban J connectivity index is 1.18. The van der Waals surface area contributed by atoms with Crippen molar-refractivity contribution in [2.24, 2.45) is 5.92 Å². The number of piperidine rings is 2. The molecule has 4 heterocycles. The minimum Gasteiger partial charge on any atom is -0.449 e. The lowest BCUT2D eigenvalue weighted by molar-refractivity contribution is 0.0833. The topological polar surface area (TPSA) is 99.3 Å². The van der Waals surface area contributed by atoms with E-state index in [0.29, 0.717) is 37.6 Å². The number of carbonyl (C=O) groups is 1. The van der Waals surface area contributed by atoms with E-state index in [1.54, 1.807) is 0 Å². The largest absolute Gasteiger partial charge is 0.449 e. The molecule has 0 radical (unpaired) electrons. The van der Waals surface area contributed by atoms with Crippen molar-refractivity contribution >= 4 is 12.0 Å². The lowest BCUT2D eigenvalue weighted by Crippen LogP contribution is -2.39. The summed E-state index contributed by atoms with van der Waals surface area (Å²) < 4.78 is 5.50. The highest BCUT2D eigenvalue weighted by Crippen LogP contribution is 2.39. The van der Waals surface area contributed by atoms with Crippen LogP contribution in [-0.2, 0) is 11.3 Å². The maximum absolute atomic E-state index is 12.6. The Morgan fingerprint density at radius 3 is 2.42 bits per heavy atom. The van der Waals surface area contributed by atoms with E-state index in [2.05, 4.69) is 95.7 Å². The van der Waals surface area contributed by atoms with Crippen LogP contribution in [0.4, 0.5) is 10.7 Å². The van der Waals surface area contributed by atoms with Gasteiger partial charge in [-0.2, -0.15) is 5.10 Å². The fourth-order valence-electron chi connectivity index (χ4n) is 6.34. The van der Waals surface area contributed by atoms with E-state index in [-0.39, 0.29) is 12.0 Å². The Hall–Kier alpha value is -4.24. The molecule has 4 aromatic rings. The number of benzene rings is 2. The maximum Gasteiger partial charge on any atom is 0.409 e. The third-order valence-electron chi connectivity index (χ3n) is 8.90. The fourth-order valence-corrected chi connectivity index (χ4v) is 6.34. The number of anilines is 1. The second kappa shape index (κ2) is 14.2. The number of carbonyl (C=O) groups excluding carboxylic acids is 1. The summed E-state index contributed by atoms with van der Waals surface area (Å²) >= 11 is 0. The third kappa shape index (κ3) is 7.71. The van der Waals surface area contributed by atoms with E-state index in [1.165, 1.54) is 11.1 Å². The van der Waals surface area contributed by atoms with Gasteiger partial charge >= 0.3 is 6.09 Å². The number of H-pyrrole nitrogens is 1. The highest BCUT2D eigenvalue weighted by atomic mass is 16.6. The van der Waals surface area contributed by atoms with Gasteiger partial charge in [0.05, 0.1) is 12.3 Å². The fraction of sp³-hybridized carbons (Fsp3) is 0.444. The quantitative estimate of drug-likeness (QED) is 0.214. The van der Waals surface area contributed by atoms with E-state index in [0.717, 1.165) is 73.5 Å². The Morgan fingerprint density at radius 1 is 0.978 bits per heavy atom. The molecule has 0 bridgehead atoms. The molecular weight excluding hydrogens is 562 g/mol. The molecule has 0 aliphatic carbocycles. The van der Waals surface area contributed by atoms with Crippen LogP contribution < -0.4 is 5.32 Å². The molecule has 236 valence electrons. The molecule has 2 aliphatic rings. The zero-order valence-corrected chi connectivity index (χ0v) is 26.7. The molecule has 2 aromatic heterocycles. The number of aryl methyl sites for hydroxylation is 1. The number of rotatable bonds is 9. The monoisotopic (exact) mass is 607 g/mol. The molecule has 45 heavy (non-hydrogen) atoms. The Labute approximate surface area is 266 Å². The first-order valence-corrected chi connectivity index (χ1v) is 16.4. The van der Waals surface area contributed by atoms with E-state index in [1.807, 2.05) is 17.2 Å². The van der Waals surface area contributed by atoms with Crippen molar-refractivity contribution in [3.63, 3.8) is 0 Å². The Bertz CT molecular complexity index is 1540. The van der Waals surface area contributed by atoms with Gasteiger partial charge in [0.2, 0.25) is 5.95 Å². The number of hydrogen-bond acceptors (Lipinski definition) is 7. The molecule has 0 spiro atoms. The molecule has 0 atom stereocenters. The van der Waals surface area contributed by atoms with Crippen molar-refractivity contribution in [1.82, 2.24) is 30.0 Å². The molecule has 9 nitrogen and oxygen atoms in total. The first kappa shape index (κ1) is 30.8.